The second-order valence-corrected chi connectivity index (χ2v) is 3.92. The van der Waals surface area contributed by atoms with E-state index in [4.69, 9.17) is 4.74 Å². The van der Waals surface area contributed by atoms with Gasteiger partial charge >= 0.3 is 0 Å². The van der Waals surface area contributed by atoms with Gasteiger partial charge in [0.1, 0.15) is 5.82 Å². The predicted molar refractivity (Wildman–Crippen MR) is 68.9 cm³/mol. The van der Waals surface area contributed by atoms with Crippen LogP contribution in [0.2, 0.25) is 0 Å². The van der Waals surface area contributed by atoms with Crippen molar-refractivity contribution in [2.75, 3.05) is 14.2 Å². The van der Waals surface area contributed by atoms with E-state index in [0.29, 0.717) is 12.4 Å². The average molecular weight is 246 g/mol. The number of methoxy groups -OCH3 is 1. The van der Waals surface area contributed by atoms with Gasteiger partial charge in [-0.25, -0.2) is 9.37 Å². The van der Waals surface area contributed by atoms with Gasteiger partial charge in [0, 0.05) is 24.4 Å². The average Bonchev–Trinajstić information content (AvgIpc) is 2.41. The van der Waals surface area contributed by atoms with Crippen molar-refractivity contribution in [1.29, 1.82) is 0 Å². The number of hydrogen-bond acceptors (Lipinski definition) is 3. The normalized spacial score (nSPS) is 10.4. The van der Waals surface area contributed by atoms with E-state index >= 15 is 0 Å². The zero-order chi connectivity index (χ0) is 13.0. The number of rotatable bonds is 4. The maximum atomic E-state index is 13.4. The van der Waals surface area contributed by atoms with E-state index in [1.54, 1.807) is 25.4 Å². The fourth-order valence-corrected chi connectivity index (χ4v) is 1.82. The van der Waals surface area contributed by atoms with Crippen LogP contribution in [0.5, 0.6) is 5.88 Å². The highest BCUT2D eigenvalue weighted by molar-refractivity contribution is 5.66. The van der Waals surface area contributed by atoms with E-state index < -0.39 is 0 Å². The van der Waals surface area contributed by atoms with Crippen molar-refractivity contribution in [3.05, 3.63) is 47.9 Å². The molecule has 0 unspecified atom stereocenters. The highest BCUT2D eigenvalue weighted by Gasteiger charge is 2.07. The summed E-state index contributed by atoms with van der Waals surface area (Å²) in [6.45, 7) is 0.682. The molecule has 0 bridgehead atoms. The molecule has 0 saturated heterocycles. The van der Waals surface area contributed by atoms with Crippen LogP contribution in [0.25, 0.3) is 11.1 Å². The minimum atomic E-state index is -0.249. The first-order valence-corrected chi connectivity index (χ1v) is 5.68. The predicted octanol–water partition coefficient (Wildman–Crippen LogP) is 2.62. The lowest BCUT2D eigenvalue weighted by molar-refractivity contribution is 0.398. The Balaban J connectivity index is 2.43. The number of hydrogen-bond donors (Lipinski definition) is 1. The summed E-state index contributed by atoms with van der Waals surface area (Å²) in [5.41, 5.74) is 2.76. The molecule has 0 saturated carbocycles. The van der Waals surface area contributed by atoms with Crippen LogP contribution in [0.15, 0.2) is 36.5 Å². The Hall–Kier alpha value is -1.94. The first-order valence-electron chi connectivity index (χ1n) is 5.68. The molecule has 0 fully saturated rings. The van der Waals surface area contributed by atoms with Gasteiger partial charge in [0.15, 0.2) is 0 Å². The smallest absolute Gasteiger partial charge is 0.212 e. The molecule has 2 rings (SSSR count). The number of benzene rings is 1. The first-order chi connectivity index (χ1) is 8.74. The third kappa shape index (κ3) is 2.65. The number of aromatic nitrogens is 1. The lowest BCUT2D eigenvalue weighted by Gasteiger charge is -2.10. The molecule has 0 aliphatic heterocycles. The third-order valence-electron chi connectivity index (χ3n) is 2.70. The maximum absolute atomic E-state index is 13.4. The summed E-state index contributed by atoms with van der Waals surface area (Å²) in [7, 11) is 3.43. The quantitative estimate of drug-likeness (QED) is 0.900. The van der Waals surface area contributed by atoms with Crippen molar-refractivity contribution < 1.29 is 9.13 Å². The largest absolute Gasteiger partial charge is 0.481 e. The Labute approximate surface area is 106 Å². The Morgan fingerprint density at radius 1 is 1.28 bits per heavy atom. The van der Waals surface area contributed by atoms with Gasteiger partial charge in [-0.3, -0.25) is 0 Å². The minimum absolute atomic E-state index is 0.249. The van der Waals surface area contributed by atoms with E-state index in [2.05, 4.69) is 10.3 Å². The molecule has 18 heavy (non-hydrogen) atoms. The van der Waals surface area contributed by atoms with E-state index in [1.807, 2.05) is 13.1 Å². The van der Waals surface area contributed by atoms with Crippen LogP contribution in [0.3, 0.4) is 0 Å². The summed E-state index contributed by atoms with van der Waals surface area (Å²) in [4.78, 5) is 4.14. The second kappa shape index (κ2) is 5.60. The van der Waals surface area contributed by atoms with E-state index in [0.717, 1.165) is 16.7 Å². The number of pyridine rings is 1. The number of halogens is 1. The summed E-state index contributed by atoms with van der Waals surface area (Å²) in [5, 5.41) is 3.07. The topological polar surface area (TPSA) is 34.1 Å². The SMILES string of the molecule is CNCc1ccc(F)cc1-c1ccc(OC)nc1. The van der Waals surface area contributed by atoms with Crippen molar-refractivity contribution >= 4 is 0 Å². The Kier molecular flexibility index (Phi) is 3.89. The van der Waals surface area contributed by atoms with Gasteiger partial charge in [-0.1, -0.05) is 6.07 Å². The zero-order valence-electron chi connectivity index (χ0n) is 10.4. The Bertz CT molecular complexity index is 526. The monoisotopic (exact) mass is 246 g/mol. The molecule has 0 aliphatic rings. The molecule has 0 atom stereocenters. The van der Waals surface area contributed by atoms with E-state index in [9.17, 15) is 4.39 Å². The molecule has 3 nitrogen and oxygen atoms in total. The van der Waals surface area contributed by atoms with Crippen molar-refractivity contribution in [2.45, 2.75) is 6.54 Å². The molecular weight excluding hydrogens is 231 g/mol. The summed E-state index contributed by atoms with van der Waals surface area (Å²) in [5.74, 6) is 0.297. The van der Waals surface area contributed by atoms with Crippen molar-refractivity contribution in [3.8, 4) is 17.0 Å². The fourth-order valence-electron chi connectivity index (χ4n) is 1.82. The first kappa shape index (κ1) is 12.5. The molecule has 1 aromatic carbocycles. The van der Waals surface area contributed by atoms with Crippen LogP contribution in [0.1, 0.15) is 5.56 Å². The number of nitrogens with zero attached hydrogens (tertiary/aromatic N) is 1. The standard InChI is InChI=1S/C14H15FN2O/c1-16-8-10-3-5-12(15)7-13(10)11-4-6-14(18-2)17-9-11/h3-7,9,16H,8H2,1-2H3. The minimum Gasteiger partial charge on any atom is -0.481 e. The molecular formula is C14H15FN2O. The van der Waals surface area contributed by atoms with Crippen LogP contribution in [-0.4, -0.2) is 19.1 Å². The molecule has 1 heterocycles. The highest BCUT2D eigenvalue weighted by atomic mass is 19.1. The van der Waals surface area contributed by atoms with Gasteiger partial charge in [0.25, 0.3) is 0 Å². The van der Waals surface area contributed by atoms with Gasteiger partial charge < -0.3 is 10.1 Å². The van der Waals surface area contributed by atoms with Crippen LogP contribution >= 0.6 is 0 Å². The molecule has 1 aromatic heterocycles. The molecule has 1 N–H and O–H groups in total. The molecule has 0 radical (unpaired) electrons. The van der Waals surface area contributed by atoms with Gasteiger partial charge in [-0.05, 0) is 36.4 Å². The molecule has 4 heteroatoms. The summed E-state index contributed by atoms with van der Waals surface area (Å²) in [6.07, 6.45) is 1.69. The lowest BCUT2D eigenvalue weighted by atomic mass is 10.0. The Morgan fingerprint density at radius 2 is 2.11 bits per heavy atom. The van der Waals surface area contributed by atoms with Crippen LogP contribution in [0.4, 0.5) is 4.39 Å². The summed E-state index contributed by atoms with van der Waals surface area (Å²) >= 11 is 0. The lowest BCUT2D eigenvalue weighted by Crippen LogP contribution is -2.06. The van der Waals surface area contributed by atoms with Gasteiger partial charge in [-0.15, -0.1) is 0 Å². The molecule has 0 amide bonds. The highest BCUT2D eigenvalue weighted by Crippen LogP contribution is 2.25. The van der Waals surface area contributed by atoms with Crippen molar-refractivity contribution in [1.82, 2.24) is 10.3 Å². The molecule has 2 aromatic rings. The number of nitrogens with one attached hydrogen (secondary N) is 1. The zero-order valence-corrected chi connectivity index (χ0v) is 10.4. The van der Waals surface area contributed by atoms with Gasteiger partial charge in [0.05, 0.1) is 7.11 Å². The summed E-state index contributed by atoms with van der Waals surface area (Å²) < 4.78 is 18.4. The fraction of sp³-hybridized carbons (Fsp3) is 0.214. The van der Waals surface area contributed by atoms with Crippen LogP contribution < -0.4 is 10.1 Å². The van der Waals surface area contributed by atoms with Gasteiger partial charge in [-0.2, -0.15) is 0 Å². The molecule has 0 spiro atoms. The summed E-state index contributed by atoms with van der Waals surface area (Å²) in [6, 6.07) is 8.41. The molecule has 94 valence electrons. The third-order valence-corrected chi connectivity index (χ3v) is 2.70. The van der Waals surface area contributed by atoms with Crippen molar-refractivity contribution in [2.24, 2.45) is 0 Å². The van der Waals surface area contributed by atoms with Crippen molar-refractivity contribution in [3.63, 3.8) is 0 Å². The number of ether oxygens (including phenoxy) is 1. The molecule has 0 aliphatic carbocycles. The van der Waals surface area contributed by atoms with E-state index in [-0.39, 0.29) is 5.82 Å². The van der Waals surface area contributed by atoms with Crippen LogP contribution in [-0.2, 0) is 6.54 Å². The van der Waals surface area contributed by atoms with Gasteiger partial charge in [0.2, 0.25) is 5.88 Å². The van der Waals surface area contributed by atoms with Crippen LogP contribution in [0, 0.1) is 5.82 Å². The Morgan fingerprint density at radius 3 is 2.72 bits per heavy atom. The van der Waals surface area contributed by atoms with E-state index in [1.165, 1.54) is 12.1 Å². The maximum Gasteiger partial charge on any atom is 0.212 e. The second-order valence-electron chi connectivity index (χ2n) is 3.92.